The van der Waals surface area contributed by atoms with E-state index in [1.165, 1.54) is 10.4 Å². The summed E-state index contributed by atoms with van der Waals surface area (Å²) in [5, 5.41) is 0. The van der Waals surface area contributed by atoms with E-state index in [1.807, 2.05) is 42.5 Å². The highest BCUT2D eigenvalue weighted by atomic mass is 35.5. The largest absolute Gasteiger partial charge is 0.135 e. The minimum absolute atomic E-state index is 0.272. The fourth-order valence-electron chi connectivity index (χ4n) is 2.20. The van der Waals surface area contributed by atoms with Crippen molar-refractivity contribution < 1.29 is 0 Å². The average molecular weight is 331 g/mol. The molecule has 21 heavy (non-hydrogen) atoms. The molecule has 0 unspecified atom stereocenters. The molecule has 0 nitrogen and oxygen atoms in total. The smallest absolute Gasteiger partial charge is 0.108 e. The first-order valence-electron chi connectivity index (χ1n) is 6.51. The molecule has 3 heteroatoms. The molecule has 0 saturated heterocycles. The van der Waals surface area contributed by atoms with Gasteiger partial charge < -0.3 is 0 Å². The zero-order valence-electron chi connectivity index (χ0n) is 11.1. The molecule has 0 amide bonds. The van der Waals surface area contributed by atoms with Gasteiger partial charge in [-0.05, 0) is 23.3 Å². The number of rotatable bonds is 3. The van der Waals surface area contributed by atoms with Crippen molar-refractivity contribution in [2.24, 2.45) is 0 Å². The SMILES string of the molecule is ClC(Cl)=Cc1sc(-c2ccccc2)cc1-c1ccccc1. The number of hydrogen-bond acceptors (Lipinski definition) is 1. The molecule has 0 spiro atoms. The molecule has 0 N–H and O–H groups in total. The van der Waals surface area contributed by atoms with E-state index in [0.717, 1.165) is 16.0 Å². The van der Waals surface area contributed by atoms with Crippen LogP contribution in [0.5, 0.6) is 0 Å². The number of hydrogen-bond donors (Lipinski definition) is 0. The van der Waals surface area contributed by atoms with Crippen molar-refractivity contribution in [2.75, 3.05) is 0 Å². The predicted molar refractivity (Wildman–Crippen MR) is 94.9 cm³/mol. The van der Waals surface area contributed by atoms with Crippen LogP contribution in [-0.4, -0.2) is 0 Å². The number of thiophene rings is 1. The first-order chi connectivity index (χ1) is 10.2. The van der Waals surface area contributed by atoms with E-state index in [2.05, 4.69) is 30.3 Å². The Kier molecular flexibility index (Phi) is 4.45. The van der Waals surface area contributed by atoms with Crippen LogP contribution in [0.2, 0.25) is 0 Å². The number of benzene rings is 2. The highest BCUT2D eigenvalue weighted by Gasteiger charge is 2.11. The summed E-state index contributed by atoms with van der Waals surface area (Å²) in [5.74, 6) is 0. The quantitative estimate of drug-likeness (QED) is 0.492. The molecule has 0 saturated carbocycles. The Morgan fingerprint density at radius 2 is 1.38 bits per heavy atom. The second-order valence-corrected chi connectivity index (χ2v) is 6.65. The van der Waals surface area contributed by atoms with Gasteiger partial charge in [0.05, 0.1) is 0 Å². The Hall–Kier alpha value is -1.54. The second-order valence-electron chi connectivity index (χ2n) is 4.55. The van der Waals surface area contributed by atoms with Crippen molar-refractivity contribution in [1.29, 1.82) is 0 Å². The highest BCUT2D eigenvalue weighted by molar-refractivity contribution is 7.17. The monoisotopic (exact) mass is 330 g/mol. The van der Waals surface area contributed by atoms with Gasteiger partial charge in [0.15, 0.2) is 0 Å². The van der Waals surface area contributed by atoms with Crippen molar-refractivity contribution >= 4 is 40.6 Å². The lowest BCUT2D eigenvalue weighted by Crippen LogP contribution is -1.75. The Morgan fingerprint density at radius 3 is 1.95 bits per heavy atom. The van der Waals surface area contributed by atoms with Gasteiger partial charge in [-0.3, -0.25) is 0 Å². The summed E-state index contributed by atoms with van der Waals surface area (Å²) in [5.41, 5.74) is 3.51. The highest BCUT2D eigenvalue weighted by Crippen LogP contribution is 2.39. The third kappa shape index (κ3) is 3.38. The van der Waals surface area contributed by atoms with Crippen molar-refractivity contribution in [3.63, 3.8) is 0 Å². The predicted octanol–water partition coefficient (Wildman–Crippen LogP) is 6.86. The third-order valence-corrected chi connectivity index (χ3v) is 4.49. The van der Waals surface area contributed by atoms with Crippen molar-refractivity contribution in [1.82, 2.24) is 0 Å². The van der Waals surface area contributed by atoms with Gasteiger partial charge in [0.1, 0.15) is 4.49 Å². The molecule has 0 bridgehead atoms. The van der Waals surface area contributed by atoms with E-state index in [-0.39, 0.29) is 4.49 Å². The molecular formula is C18H12Cl2S. The Balaban J connectivity index is 2.14. The van der Waals surface area contributed by atoms with Crippen molar-refractivity contribution in [2.45, 2.75) is 0 Å². The normalized spacial score (nSPS) is 10.4. The van der Waals surface area contributed by atoms with Gasteiger partial charge >= 0.3 is 0 Å². The average Bonchev–Trinajstić information content (AvgIpc) is 2.92. The van der Waals surface area contributed by atoms with Gasteiger partial charge in [-0.25, -0.2) is 0 Å². The van der Waals surface area contributed by atoms with Crippen molar-refractivity contribution in [3.05, 3.63) is 76.1 Å². The minimum atomic E-state index is 0.272. The van der Waals surface area contributed by atoms with Crippen LogP contribution in [-0.2, 0) is 0 Å². The fourth-order valence-corrected chi connectivity index (χ4v) is 3.68. The fraction of sp³-hybridized carbons (Fsp3) is 0. The summed E-state index contributed by atoms with van der Waals surface area (Å²) >= 11 is 13.4. The van der Waals surface area contributed by atoms with Crippen LogP contribution >= 0.6 is 34.5 Å². The molecule has 3 aromatic rings. The standard InChI is InChI=1S/C18H12Cl2S/c19-18(20)12-17-15(13-7-3-1-4-8-13)11-16(21-17)14-9-5-2-6-10-14/h1-12H. The van der Waals surface area contributed by atoms with Gasteiger partial charge in [-0.2, -0.15) is 0 Å². The van der Waals surface area contributed by atoms with Gasteiger partial charge in [0.2, 0.25) is 0 Å². The molecule has 3 rings (SSSR count). The molecule has 0 atom stereocenters. The van der Waals surface area contributed by atoms with Gasteiger partial charge in [0, 0.05) is 15.3 Å². The molecule has 0 radical (unpaired) electrons. The second kappa shape index (κ2) is 6.48. The maximum Gasteiger partial charge on any atom is 0.108 e. The summed E-state index contributed by atoms with van der Waals surface area (Å²) in [4.78, 5) is 2.27. The van der Waals surface area contributed by atoms with Gasteiger partial charge in [-0.15, -0.1) is 11.3 Å². The van der Waals surface area contributed by atoms with E-state index < -0.39 is 0 Å². The summed E-state index contributed by atoms with van der Waals surface area (Å²) in [7, 11) is 0. The lowest BCUT2D eigenvalue weighted by atomic mass is 10.0. The summed E-state index contributed by atoms with van der Waals surface area (Å²) in [6, 6.07) is 22.8. The molecule has 104 valence electrons. The molecular weight excluding hydrogens is 319 g/mol. The third-order valence-electron chi connectivity index (χ3n) is 3.14. The first kappa shape index (κ1) is 14.4. The van der Waals surface area contributed by atoms with E-state index >= 15 is 0 Å². The zero-order valence-corrected chi connectivity index (χ0v) is 13.4. The topological polar surface area (TPSA) is 0 Å². The van der Waals surface area contributed by atoms with Crippen LogP contribution in [0.1, 0.15) is 4.88 Å². The molecule has 1 heterocycles. The summed E-state index contributed by atoms with van der Waals surface area (Å²) in [6.07, 6.45) is 1.81. The van der Waals surface area contributed by atoms with Crippen molar-refractivity contribution in [3.8, 4) is 21.6 Å². The summed E-state index contributed by atoms with van der Waals surface area (Å²) < 4.78 is 0.272. The van der Waals surface area contributed by atoms with Crippen LogP contribution in [0.15, 0.2) is 71.2 Å². The van der Waals surface area contributed by atoms with E-state index in [9.17, 15) is 0 Å². The lowest BCUT2D eigenvalue weighted by Gasteiger charge is -1.99. The van der Waals surface area contributed by atoms with Gasteiger partial charge in [-0.1, -0.05) is 83.9 Å². The zero-order chi connectivity index (χ0) is 14.7. The van der Waals surface area contributed by atoms with Crippen LogP contribution in [0.25, 0.3) is 27.6 Å². The number of halogens is 2. The first-order valence-corrected chi connectivity index (χ1v) is 8.08. The summed E-state index contributed by atoms with van der Waals surface area (Å²) in [6.45, 7) is 0. The Labute approximate surface area is 138 Å². The maximum absolute atomic E-state index is 5.86. The molecule has 1 aromatic heterocycles. The van der Waals surface area contributed by atoms with Crippen LogP contribution in [0.3, 0.4) is 0 Å². The molecule has 0 fully saturated rings. The molecule has 2 aromatic carbocycles. The maximum atomic E-state index is 5.86. The Morgan fingerprint density at radius 1 is 0.810 bits per heavy atom. The molecule has 0 aliphatic rings. The van der Waals surface area contributed by atoms with Crippen LogP contribution in [0, 0.1) is 0 Å². The van der Waals surface area contributed by atoms with E-state index in [0.29, 0.717) is 0 Å². The van der Waals surface area contributed by atoms with Crippen LogP contribution < -0.4 is 0 Å². The Bertz CT molecular complexity index is 754. The van der Waals surface area contributed by atoms with E-state index in [4.69, 9.17) is 23.2 Å². The van der Waals surface area contributed by atoms with Crippen LogP contribution in [0.4, 0.5) is 0 Å². The molecule has 0 aliphatic heterocycles. The van der Waals surface area contributed by atoms with E-state index in [1.54, 1.807) is 11.3 Å². The lowest BCUT2D eigenvalue weighted by molar-refractivity contribution is 1.66. The molecule has 0 aliphatic carbocycles. The van der Waals surface area contributed by atoms with Gasteiger partial charge in [0.25, 0.3) is 0 Å². The minimum Gasteiger partial charge on any atom is -0.135 e.